The first-order valence-corrected chi connectivity index (χ1v) is 19.3. The van der Waals surface area contributed by atoms with Crippen molar-refractivity contribution in [3.8, 4) is 68.2 Å². The summed E-state index contributed by atoms with van der Waals surface area (Å²) in [6.45, 7) is 10.2. The van der Waals surface area contributed by atoms with Crippen LogP contribution in [0.15, 0.2) is 170 Å². The number of fused-ring (bicyclic) bond motifs is 3. The topological polar surface area (TPSA) is 67.4 Å². The molecule has 0 fully saturated rings. The smallest absolute Gasteiger partial charge is 0.166 e. The molecule has 5 heteroatoms. The van der Waals surface area contributed by atoms with Crippen molar-refractivity contribution in [2.24, 2.45) is 0 Å². The molecule has 0 aliphatic rings. The minimum Gasteiger partial charge on any atom is -0.308 e. The highest BCUT2D eigenvalue weighted by atomic mass is 15.1. The fourth-order valence-corrected chi connectivity index (χ4v) is 7.05. The highest BCUT2D eigenvalue weighted by Gasteiger charge is 2.21. The zero-order valence-electron chi connectivity index (χ0n) is 32.4. The minimum atomic E-state index is 0.580. The van der Waals surface area contributed by atoms with E-state index in [1.165, 1.54) is 16.7 Å². The molecular formula is C51H43N5. The van der Waals surface area contributed by atoms with Crippen LogP contribution in [-0.2, 0) is 0 Å². The number of para-hydroxylation sites is 1. The predicted octanol–water partition coefficient (Wildman–Crippen LogP) is 13.5. The first-order chi connectivity index (χ1) is 27.6. The van der Waals surface area contributed by atoms with Gasteiger partial charge in [0.1, 0.15) is 0 Å². The van der Waals surface area contributed by atoms with Gasteiger partial charge in [-0.05, 0) is 77.2 Å². The number of rotatable bonds is 6. The zero-order chi connectivity index (χ0) is 39.0. The molecule has 0 unspecified atom stereocenters. The van der Waals surface area contributed by atoms with Crippen molar-refractivity contribution in [3.05, 3.63) is 181 Å². The zero-order valence-corrected chi connectivity index (χ0v) is 32.4. The van der Waals surface area contributed by atoms with Crippen molar-refractivity contribution in [3.63, 3.8) is 0 Å². The Balaban J connectivity index is 0.00000117. The van der Waals surface area contributed by atoms with Gasteiger partial charge in [0.25, 0.3) is 0 Å². The molecule has 0 atom stereocenters. The van der Waals surface area contributed by atoms with Gasteiger partial charge in [0.2, 0.25) is 0 Å². The number of aryl methyl sites for hydroxylation is 1. The Morgan fingerprint density at radius 2 is 0.964 bits per heavy atom. The Hall–Kier alpha value is -7.16. The summed E-state index contributed by atoms with van der Waals surface area (Å²) in [5.74, 6) is 1.80. The number of hydrogen-bond donors (Lipinski definition) is 0. The van der Waals surface area contributed by atoms with Crippen LogP contribution in [0.3, 0.4) is 0 Å². The Morgan fingerprint density at radius 3 is 1.61 bits per heavy atom. The number of benzene rings is 7. The number of hydrogen-bond acceptors (Lipinski definition) is 4. The largest absolute Gasteiger partial charge is 0.308 e. The monoisotopic (exact) mass is 725 g/mol. The van der Waals surface area contributed by atoms with Crippen molar-refractivity contribution in [1.82, 2.24) is 19.5 Å². The normalized spacial score (nSPS) is 10.6. The third kappa shape index (κ3) is 7.21. The molecule has 5 nitrogen and oxygen atoms in total. The van der Waals surface area contributed by atoms with E-state index in [1.807, 2.05) is 113 Å². The molecule has 0 bridgehead atoms. The second-order valence-electron chi connectivity index (χ2n) is 12.9. The quantitative estimate of drug-likeness (QED) is 0.171. The molecular weight excluding hydrogens is 683 g/mol. The van der Waals surface area contributed by atoms with Crippen LogP contribution in [0.5, 0.6) is 0 Å². The van der Waals surface area contributed by atoms with Crippen LogP contribution in [0.1, 0.15) is 38.8 Å². The third-order valence-corrected chi connectivity index (χ3v) is 9.65. The second-order valence-corrected chi connectivity index (χ2v) is 12.9. The lowest BCUT2D eigenvalue weighted by molar-refractivity contribution is 1.06. The van der Waals surface area contributed by atoms with Gasteiger partial charge in [-0.1, -0.05) is 155 Å². The molecule has 7 aromatic carbocycles. The first-order valence-electron chi connectivity index (χ1n) is 19.3. The fraction of sp³-hybridized carbons (Fsp3) is 0.0980. The summed E-state index contributed by atoms with van der Waals surface area (Å²) in [5.41, 5.74) is 12.1. The van der Waals surface area contributed by atoms with Gasteiger partial charge in [0, 0.05) is 27.5 Å². The van der Waals surface area contributed by atoms with Crippen LogP contribution in [0, 0.1) is 18.3 Å². The van der Waals surface area contributed by atoms with Gasteiger partial charge in [-0.15, -0.1) is 0 Å². The summed E-state index contributed by atoms with van der Waals surface area (Å²) in [7, 11) is 0. The summed E-state index contributed by atoms with van der Waals surface area (Å²) in [4.78, 5) is 15.3. The first kappa shape index (κ1) is 37.2. The fourth-order valence-electron chi connectivity index (χ4n) is 7.05. The van der Waals surface area contributed by atoms with Crippen molar-refractivity contribution in [2.75, 3.05) is 0 Å². The highest BCUT2D eigenvalue weighted by Crippen LogP contribution is 2.40. The van der Waals surface area contributed by atoms with Crippen LogP contribution >= 0.6 is 0 Å². The number of nitrogens with zero attached hydrogens (tertiary/aromatic N) is 5. The van der Waals surface area contributed by atoms with Crippen molar-refractivity contribution in [2.45, 2.75) is 34.6 Å². The molecule has 2 aromatic heterocycles. The Bertz CT molecular complexity index is 2740. The van der Waals surface area contributed by atoms with Crippen LogP contribution in [0.4, 0.5) is 0 Å². The molecule has 56 heavy (non-hydrogen) atoms. The molecule has 0 aliphatic heterocycles. The van der Waals surface area contributed by atoms with Crippen LogP contribution in [0.25, 0.3) is 83.9 Å². The molecule has 0 saturated carbocycles. The molecule has 9 rings (SSSR count). The molecule has 0 saturated heterocycles. The minimum absolute atomic E-state index is 0.580. The van der Waals surface area contributed by atoms with E-state index < -0.39 is 0 Å². The van der Waals surface area contributed by atoms with E-state index >= 15 is 0 Å². The standard InChI is InChI=1S/C47H31N5.2C2H6/c1-31-12-8-9-17-38(31)37-25-27-43-41(28-37)39-18-10-11-19-42(39)52(43)44-29-36(33-22-20-32(30-48)21-23-33)24-26-40(44)47-50-45(34-13-4-2-5-14-34)49-46(51-47)35-15-6-3-7-16-35;2*1-2/h2-29H,1H3;2*1-2H3. The maximum absolute atomic E-state index is 9.48. The number of nitriles is 1. The molecule has 0 amide bonds. The maximum Gasteiger partial charge on any atom is 0.166 e. The van der Waals surface area contributed by atoms with Crippen LogP contribution < -0.4 is 0 Å². The van der Waals surface area contributed by atoms with Crippen molar-refractivity contribution in [1.29, 1.82) is 5.26 Å². The molecule has 272 valence electrons. The Kier molecular flexibility index (Phi) is 11.2. The van der Waals surface area contributed by atoms with E-state index in [0.29, 0.717) is 23.0 Å². The summed E-state index contributed by atoms with van der Waals surface area (Å²) in [5, 5.41) is 11.8. The van der Waals surface area contributed by atoms with Crippen molar-refractivity contribution < 1.29 is 0 Å². The molecule has 0 spiro atoms. The van der Waals surface area contributed by atoms with Gasteiger partial charge in [0.05, 0.1) is 28.4 Å². The predicted molar refractivity (Wildman–Crippen MR) is 233 cm³/mol. The summed E-state index contributed by atoms with van der Waals surface area (Å²) in [6, 6.07) is 60.4. The summed E-state index contributed by atoms with van der Waals surface area (Å²) < 4.78 is 2.34. The molecule has 2 heterocycles. The van der Waals surface area contributed by atoms with E-state index in [-0.39, 0.29) is 0 Å². The second kappa shape index (κ2) is 16.9. The molecule has 0 radical (unpaired) electrons. The van der Waals surface area contributed by atoms with E-state index in [1.54, 1.807) is 0 Å². The van der Waals surface area contributed by atoms with Gasteiger partial charge in [-0.3, -0.25) is 0 Å². The van der Waals surface area contributed by atoms with Gasteiger partial charge < -0.3 is 4.57 Å². The lowest BCUT2D eigenvalue weighted by atomic mass is 9.99. The van der Waals surface area contributed by atoms with Gasteiger partial charge in [-0.25, -0.2) is 15.0 Å². The average Bonchev–Trinajstić information content (AvgIpc) is 3.62. The maximum atomic E-state index is 9.48. The number of aromatic nitrogens is 4. The summed E-state index contributed by atoms with van der Waals surface area (Å²) in [6.07, 6.45) is 0. The lowest BCUT2D eigenvalue weighted by Gasteiger charge is -2.16. The molecule has 0 N–H and O–H groups in total. The Labute approximate surface area is 329 Å². The van der Waals surface area contributed by atoms with E-state index in [2.05, 4.69) is 102 Å². The van der Waals surface area contributed by atoms with E-state index in [9.17, 15) is 5.26 Å². The van der Waals surface area contributed by atoms with E-state index in [0.717, 1.165) is 55.3 Å². The molecule has 9 aromatic rings. The van der Waals surface area contributed by atoms with Gasteiger partial charge in [0.15, 0.2) is 17.5 Å². The van der Waals surface area contributed by atoms with Crippen LogP contribution in [-0.4, -0.2) is 19.5 Å². The SMILES string of the molecule is CC.CC.Cc1ccccc1-c1ccc2c(c1)c1ccccc1n2-c1cc(-c2ccc(C#N)cc2)ccc1-c1nc(-c2ccccc2)nc(-c2ccccc2)n1. The van der Waals surface area contributed by atoms with Crippen molar-refractivity contribution >= 4 is 21.8 Å². The highest BCUT2D eigenvalue weighted by molar-refractivity contribution is 6.11. The van der Waals surface area contributed by atoms with Gasteiger partial charge in [-0.2, -0.15) is 5.26 Å². The van der Waals surface area contributed by atoms with Crippen LogP contribution in [0.2, 0.25) is 0 Å². The lowest BCUT2D eigenvalue weighted by Crippen LogP contribution is -2.04. The average molecular weight is 726 g/mol. The van der Waals surface area contributed by atoms with E-state index in [4.69, 9.17) is 15.0 Å². The van der Waals surface area contributed by atoms with Gasteiger partial charge >= 0.3 is 0 Å². The summed E-state index contributed by atoms with van der Waals surface area (Å²) >= 11 is 0. The third-order valence-electron chi connectivity index (χ3n) is 9.65. The Morgan fingerprint density at radius 1 is 0.429 bits per heavy atom. The molecule has 0 aliphatic carbocycles.